The molecule has 1 aromatic carbocycles. The van der Waals surface area contributed by atoms with E-state index in [1.165, 1.54) is 0 Å². The maximum absolute atomic E-state index is 11.8. The fourth-order valence-corrected chi connectivity index (χ4v) is 1.45. The minimum Gasteiger partial charge on any atom is -0.322 e. The van der Waals surface area contributed by atoms with Gasteiger partial charge in [0.15, 0.2) is 0 Å². The van der Waals surface area contributed by atoms with E-state index in [2.05, 4.69) is 10.3 Å². The summed E-state index contributed by atoms with van der Waals surface area (Å²) >= 11 is 5.71. The Morgan fingerprint density at radius 2 is 1.94 bits per heavy atom. The van der Waals surface area contributed by atoms with Gasteiger partial charge in [0.05, 0.1) is 0 Å². The largest absolute Gasteiger partial charge is 0.322 e. The molecular weight excluding hydrogens is 224 g/mol. The van der Waals surface area contributed by atoms with Crippen LogP contribution < -0.4 is 5.32 Å². The SMILES string of the molecule is O=C(Nc1ccnc(Cl)c1)c1ccccc1. The summed E-state index contributed by atoms with van der Waals surface area (Å²) in [6.07, 6.45) is 1.54. The van der Waals surface area contributed by atoms with Crippen molar-refractivity contribution < 1.29 is 4.79 Å². The summed E-state index contributed by atoms with van der Waals surface area (Å²) < 4.78 is 0. The molecule has 0 aliphatic heterocycles. The van der Waals surface area contributed by atoms with Crippen LogP contribution in [-0.4, -0.2) is 10.9 Å². The number of benzene rings is 1. The Hall–Kier alpha value is -1.87. The molecule has 0 unspecified atom stereocenters. The maximum atomic E-state index is 11.8. The Balaban J connectivity index is 2.14. The molecule has 0 aliphatic carbocycles. The predicted molar refractivity (Wildman–Crippen MR) is 63.6 cm³/mol. The molecule has 3 nitrogen and oxygen atoms in total. The lowest BCUT2D eigenvalue weighted by Crippen LogP contribution is -2.11. The van der Waals surface area contributed by atoms with Gasteiger partial charge in [0.1, 0.15) is 5.15 Å². The zero-order valence-corrected chi connectivity index (χ0v) is 9.11. The van der Waals surface area contributed by atoms with Gasteiger partial charge in [-0.1, -0.05) is 29.8 Å². The van der Waals surface area contributed by atoms with Gasteiger partial charge in [-0.15, -0.1) is 0 Å². The first-order chi connectivity index (χ1) is 7.75. The van der Waals surface area contributed by atoms with Crippen molar-refractivity contribution in [2.45, 2.75) is 0 Å². The second-order valence-electron chi connectivity index (χ2n) is 3.19. The average Bonchev–Trinajstić information content (AvgIpc) is 2.30. The molecule has 16 heavy (non-hydrogen) atoms. The summed E-state index contributed by atoms with van der Waals surface area (Å²) in [5, 5.41) is 3.09. The Morgan fingerprint density at radius 1 is 1.19 bits per heavy atom. The van der Waals surface area contributed by atoms with Gasteiger partial charge in [0.2, 0.25) is 0 Å². The Kier molecular flexibility index (Phi) is 3.17. The molecule has 1 heterocycles. The molecule has 1 N–H and O–H groups in total. The summed E-state index contributed by atoms with van der Waals surface area (Å²) in [6.45, 7) is 0. The van der Waals surface area contributed by atoms with Crippen LogP contribution in [0.1, 0.15) is 10.4 Å². The highest BCUT2D eigenvalue weighted by Gasteiger charge is 2.04. The van der Waals surface area contributed by atoms with Crippen molar-refractivity contribution >= 4 is 23.2 Å². The van der Waals surface area contributed by atoms with Crippen LogP contribution in [0.5, 0.6) is 0 Å². The van der Waals surface area contributed by atoms with E-state index < -0.39 is 0 Å². The van der Waals surface area contributed by atoms with Crippen LogP contribution in [-0.2, 0) is 0 Å². The molecule has 0 aliphatic rings. The van der Waals surface area contributed by atoms with E-state index in [-0.39, 0.29) is 5.91 Å². The highest BCUT2D eigenvalue weighted by atomic mass is 35.5. The third-order valence-corrected chi connectivity index (χ3v) is 2.23. The minimum absolute atomic E-state index is 0.164. The number of nitrogens with zero attached hydrogens (tertiary/aromatic N) is 1. The quantitative estimate of drug-likeness (QED) is 0.809. The fourth-order valence-electron chi connectivity index (χ4n) is 1.27. The van der Waals surface area contributed by atoms with Gasteiger partial charge in [-0.2, -0.15) is 0 Å². The van der Waals surface area contributed by atoms with Crippen LogP contribution in [0.15, 0.2) is 48.7 Å². The molecule has 2 aromatic rings. The van der Waals surface area contributed by atoms with Crippen LogP contribution in [0, 0.1) is 0 Å². The number of carbonyl (C=O) groups excluding carboxylic acids is 1. The zero-order chi connectivity index (χ0) is 11.4. The lowest BCUT2D eigenvalue weighted by atomic mass is 10.2. The van der Waals surface area contributed by atoms with Crippen molar-refractivity contribution in [2.24, 2.45) is 0 Å². The highest BCUT2D eigenvalue weighted by molar-refractivity contribution is 6.29. The van der Waals surface area contributed by atoms with Crippen LogP contribution in [0.25, 0.3) is 0 Å². The van der Waals surface area contributed by atoms with Gasteiger partial charge in [0, 0.05) is 17.4 Å². The number of rotatable bonds is 2. The van der Waals surface area contributed by atoms with E-state index >= 15 is 0 Å². The van der Waals surface area contributed by atoms with Crippen molar-refractivity contribution in [3.63, 3.8) is 0 Å². The van der Waals surface area contributed by atoms with E-state index in [0.29, 0.717) is 16.4 Å². The predicted octanol–water partition coefficient (Wildman–Crippen LogP) is 2.99. The van der Waals surface area contributed by atoms with Crippen LogP contribution in [0.4, 0.5) is 5.69 Å². The third-order valence-electron chi connectivity index (χ3n) is 2.02. The lowest BCUT2D eigenvalue weighted by Gasteiger charge is -2.04. The molecule has 0 saturated carbocycles. The minimum atomic E-state index is -0.164. The summed E-state index contributed by atoms with van der Waals surface area (Å²) in [5.74, 6) is -0.164. The molecule has 0 radical (unpaired) electrons. The van der Waals surface area contributed by atoms with Crippen LogP contribution >= 0.6 is 11.6 Å². The first-order valence-electron chi connectivity index (χ1n) is 4.73. The molecule has 0 spiro atoms. The summed E-state index contributed by atoms with van der Waals surface area (Å²) in [5.41, 5.74) is 1.24. The molecule has 80 valence electrons. The number of hydrogen-bond donors (Lipinski definition) is 1. The van der Waals surface area contributed by atoms with Gasteiger partial charge < -0.3 is 5.32 Å². The van der Waals surface area contributed by atoms with Crippen LogP contribution in [0.2, 0.25) is 5.15 Å². The standard InChI is InChI=1S/C12H9ClN2O/c13-11-8-10(6-7-14-11)15-12(16)9-4-2-1-3-5-9/h1-8H,(H,14,15,16). The Labute approximate surface area is 98.1 Å². The summed E-state index contributed by atoms with van der Waals surface area (Å²) in [4.78, 5) is 15.6. The number of aromatic nitrogens is 1. The van der Waals surface area contributed by atoms with E-state index in [1.54, 1.807) is 30.5 Å². The smallest absolute Gasteiger partial charge is 0.255 e. The van der Waals surface area contributed by atoms with Crippen molar-refractivity contribution in [3.8, 4) is 0 Å². The molecule has 4 heteroatoms. The molecule has 0 saturated heterocycles. The van der Waals surface area contributed by atoms with Gasteiger partial charge in [-0.05, 0) is 24.3 Å². The lowest BCUT2D eigenvalue weighted by molar-refractivity contribution is 0.102. The number of hydrogen-bond acceptors (Lipinski definition) is 2. The summed E-state index contributed by atoms with van der Waals surface area (Å²) in [6, 6.07) is 12.3. The number of amides is 1. The monoisotopic (exact) mass is 232 g/mol. The molecule has 1 aromatic heterocycles. The zero-order valence-electron chi connectivity index (χ0n) is 8.35. The van der Waals surface area contributed by atoms with Crippen molar-refractivity contribution in [3.05, 3.63) is 59.4 Å². The van der Waals surface area contributed by atoms with Gasteiger partial charge in [-0.3, -0.25) is 4.79 Å². The van der Waals surface area contributed by atoms with Crippen molar-refractivity contribution in [1.82, 2.24) is 4.98 Å². The highest BCUT2D eigenvalue weighted by Crippen LogP contribution is 2.13. The van der Waals surface area contributed by atoms with Crippen LogP contribution in [0.3, 0.4) is 0 Å². The Bertz CT molecular complexity index is 499. The number of halogens is 1. The van der Waals surface area contributed by atoms with E-state index in [1.807, 2.05) is 18.2 Å². The number of anilines is 1. The molecule has 0 fully saturated rings. The molecule has 2 rings (SSSR count). The van der Waals surface area contributed by atoms with Gasteiger partial charge >= 0.3 is 0 Å². The van der Waals surface area contributed by atoms with Crippen molar-refractivity contribution in [2.75, 3.05) is 5.32 Å². The van der Waals surface area contributed by atoms with E-state index in [9.17, 15) is 4.79 Å². The second-order valence-corrected chi connectivity index (χ2v) is 3.57. The molecule has 1 amide bonds. The van der Waals surface area contributed by atoms with E-state index in [0.717, 1.165) is 0 Å². The first kappa shape index (κ1) is 10.6. The van der Waals surface area contributed by atoms with E-state index in [4.69, 9.17) is 11.6 Å². The van der Waals surface area contributed by atoms with Crippen molar-refractivity contribution in [1.29, 1.82) is 0 Å². The van der Waals surface area contributed by atoms with Gasteiger partial charge in [0.25, 0.3) is 5.91 Å². The molecule has 0 bridgehead atoms. The molecular formula is C12H9ClN2O. The topological polar surface area (TPSA) is 42.0 Å². The maximum Gasteiger partial charge on any atom is 0.255 e. The fraction of sp³-hybridized carbons (Fsp3) is 0. The first-order valence-corrected chi connectivity index (χ1v) is 5.11. The van der Waals surface area contributed by atoms with Gasteiger partial charge in [-0.25, -0.2) is 4.98 Å². The third kappa shape index (κ3) is 2.58. The number of carbonyl (C=O) groups is 1. The average molecular weight is 233 g/mol. The normalized spacial score (nSPS) is 9.81. The number of nitrogens with one attached hydrogen (secondary N) is 1. The second kappa shape index (κ2) is 4.77. The Morgan fingerprint density at radius 3 is 2.62 bits per heavy atom. The number of pyridine rings is 1. The summed E-state index contributed by atoms with van der Waals surface area (Å²) in [7, 11) is 0. The molecule has 0 atom stereocenters.